The number of carbonyl (C=O) groups is 1. The highest BCUT2D eigenvalue weighted by Gasteiger charge is 2.18. The van der Waals surface area contributed by atoms with Gasteiger partial charge in [-0.15, -0.1) is 0 Å². The van der Waals surface area contributed by atoms with Gasteiger partial charge in [-0.25, -0.2) is 4.79 Å². The molecule has 0 saturated carbocycles. The molecule has 1 aromatic carbocycles. The number of nitrogens with one attached hydrogen (secondary N) is 1. The normalized spacial score (nSPS) is 13.7. The van der Waals surface area contributed by atoms with E-state index in [0.717, 1.165) is 17.7 Å². The van der Waals surface area contributed by atoms with Crippen molar-refractivity contribution in [2.45, 2.75) is 40.7 Å². The van der Waals surface area contributed by atoms with E-state index in [9.17, 15) is 9.90 Å². The summed E-state index contributed by atoms with van der Waals surface area (Å²) >= 11 is 6.08. The van der Waals surface area contributed by atoms with E-state index in [1.165, 1.54) is 5.56 Å². The molecule has 5 heteroatoms. The Labute approximate surface area is 161 Å². The monoisotopic (exact) mass is 374 g/mol. The van der Waals surface area contributed by atoms with Crippen LogP contribution in [0.2, 0.25) is 5.02 Å². The van der Waals surface area contributed by atoms with E-state index in [1.54, 1.807) is 30.2 Å². The summed E-state index contributed by atoms with van der Waals surface area (Å²) in [5, 5.41) is 13.3. The molecule has 1 aromatic rings. The Bertz CT molecular complexity index is 748. The number of nitrogens with zero attached hydrogens (tertiary/aromatic N) is 1. The second-order valence-electron chi connectivity index (χ2n) is 5.38. The molecular formula is C21H27ClN2O2. The molecule has 0 fully saturated rings. The maximum absolute atomic E-state index is 11.3. The number of hydrogen-bond donors (Lipinski definition) is 2. The van der Waals surface area contributed by atoms with Gasteiger partial charge < -0.3 is 15.3 Å². The largest absolute Gasteiger partial charge is 0.477 e. The van der Waals surface area contributed by atoms with Crippen LogP contribution in [0.3, 0.4) is 0 Å². The molecule has 1 aliphatic rings. The molecule has 140 valence electrons. The van der Waals surface area contributed by atoms with E-state index in [0.29, 0.717) is 17.3 Å². The van der Waals surface area contributed by atoms with Crippen molar-refractivity contribution in [1.29, 1.82) is 0 Å². The average Bonchev–Trinajstić information content (AvgIpc) is 2.64. The number of rotatable bonds is 6. The first kappa shape index (κ1) is 21.6. The highest BCUT2D eigenvalue weighted by molar-refractivity contribution is 6.30. The van der Waals surface area contributed by atoms with E-state index >= 15 is 0 Å². The number of carboxylic acid groups (broad SMARTS) is 1. The quantitative estimate of drug-likeness (QED) is 0.669. The number of hydrogen-bond acceptors (Lipinski definition) is 3. The summed E-state index contributed by atoms with van der Waals surface area (Å²) in [4.78, 5) is 12.9. The van der Waals surface area contributed by atoms with Gasteiger partial charge in [-0.3, -0.25) is 0 Å². The third kappa shape index (κ3) is 5.53. The standard InChI is InChI=1S/C19H21ClN2O2.C2H6/c1-4-14-7-8-16(20)10-15(14)11-21-17-9-6-13(3)22(12-17)18(5-2)19(23)24;1-2/h5-10,12,21H,3-4,11H2,1-2H3,(H,23,24);1-2H3/b18-5-;. The number of benzene rings is 1. The number of aliphatic carboxylic acids is 1. The Morgan fingerprint density at radius 3 is 2.58 bits per heavy atom. The highest BCUT2D eigenvalue weighted by Crippen LogP contribution is 2.21. The van der Waals surface area contributed by atoms with Crippen molar-refractivity contribution in [2.75, 3.05) is 0 Å². The van der Waals surface area contributed by atoms with Crippen molar-refractivity contribution in [3.63, 3.8) is 0 Å². The fourth-order valence-corrected chi connectivity index (χ4v) is 2.72. The number of allylic oxidation sites excluding steroid dienone is 3. The van der Waals surface area contributed by atoms with E-state index in [4.69, 9.17) is 11.6 Å². The van der Waals surface area contributed by atoms with Crippen LogP contribution in [0.25, 0.3) is 0 Å². The molecule has 4 nitrogen and oxygen atoms in total. The molecule has 0 aromatic heterocycles. The van der Waals surface area contributed by atoms with E-state index in [1.807, 2.05) is 38.1 Å². The molecule has 0 unspecified atom stereocenters. The smallest absolute Gasteiger partial charge is 0.352 e. The molecule has 1 heterocycles. The summed E-state index contributed by atoms with van der Waals surface area (Å²) in [5.41, 5.74) is 3.94. The maximum atomic E-state index is 11.3. The van der Waals surface area contributed by atoms with Gasteiger partial charge in [0, 0.05) is 23.5 Å². The summed E-state index contributed by atoms with van der Waals surface area (Å²) in [7, 11) is 0. The number of aryl methyl sites for hydroxylation is 1. The average molecular weight is 375 g/mol. The Morgan fingerprint density at radius 1 is 1.31 bits per heavy atom. The summed E-state index contributed by atoms with van der Waals surface area (Å²) in [6.07, 6.45) is 7.88. The van der Waals surface area contributed by atoms with Crippen LogP contribution < -0.4 is 5.32 Å². The van der Waals surface area contributed by atoms with Gasteiger partial charge in [0.05, 0.1) is 5.70 Å². The van der Waals surface area contributed by atoms with Gasteiger partial charge in [0.2, 0.25) is 0 Å². The van der Waals surface area contributed by atoms with Gasteiger partial charge in [0.1, 0.15) is 5.70 Å². The van der Waals surface area contributed by atoms with Crippen LogP contribution in [0.4, 0.5) is 0 Å². The van der Waals surface area contributed by atoms with Gasteiger partial charge in [-0.05, 0) is 48.8 Å². The molecule has 2 rings (SSSR count). The topological polar surface area (TPSA) is 52.6 Å². The number of halogens is 1. The lowest BCUT2D eigenvalue weighted by molar-refractivity contribution is -0.133. The minimum Gasteiger partial charge on any atom is -0.477 e. The maximum Gasteiger partial charge on any atom is 0.352 e. The molecule has 0 aliphatic carbocycles. The van der Waals surface area contributed by atoms with Crippen LogP contribution in [0.1, 0.15) is 38.8 Å². The van der Waals surface area contributed by atoms with Crippen LogP contribution >= 0.6 is 11.6 Å². The van der Waals surface area contributed by atoms with E-state index in [-0.39, 0.29) is 5.70 Å². The molecular weight excluding hydrogens is 348 g/mol. The van der Waals surface area contributed by atoms with E-state index < -0.39 is 5.97 Å². The SMILES string of the molecule is C=C1C=CC(NCc2cc(Cl)ccc2CC)=CN1/C(=C\C)C(=O)O.CC. The van der Waals surface area contributed by atoms with Crippen LogP contribution in [-0.2, 0) is 17.8 Å². The molecule has 0 atom stereocenters. The lowest BCUT2D eigenvalue weighted by atomic mass is 10.1. The van der Waals surface area contributed by atoms with Gasteiger partial charge in [0.15, 0.2) is 0 Å². The Morgan fingerprint density at radius 2 is 2.00 bits per heavy atom. The molecule has 1 aliphatic heterocycles. The van der Waals surface area contributed by atoms with Crippen LogP contribution in [0.5, 0.6) is 0 Å². The summed E-state index contributed by atoms with van der Waals surface area (Å²) in [5.74, 6) is -0.993. The van der Waals surface area contributed by atoms with Gasteiger partial charge in [-0.2, -0.15) is 0 Å². The summed E-state index contributed by atoms with van der Waals surface area (Å²) in [6.45, 7) is 12.3. The lowest BCUT2D eigenvalue weighted by Gasteiger charge is -2.26. The molecule has 0 saturated heterocycles. The first-order valence-corrected chi connectivity index (χ1v) is 9.12. The first-order valence-electron chi connectivity index (χ1n) is 8.75. The lowest BCUT2D eigenvalue weighted by Crippen LogP contribution is -2.26. The zero-order valence-corrected chi connectivity index (χ0v) is 16.6. The van der Waals surface area contributed by atoms with Crippen molar-refractivity contribution in [2.24, 2.45) is 0 Å². The molecule has 0 spiro atoms. The molecule has 26 heavy (non-hydrogen) atoms. The summed E-state index contributed by atoms with van der Waals surface area (Å²) in [6, 6.07) is 5.87. The Balaban J connectivity index is 0.00000163. The second-order valence-corrected chi connectivity index (χ2v) is 5.81. The van der Waals surface area contributed by atoms with Gasteiger partial charge in [0.25, 0.3) is 0 Å². The van der Waals surface area contributed by atoms with Crippen molar-refractivity contribution in [3.05, 3.63) is 82.4 Å². The van der Waals surface area contributed by atoms with Crippen molar-refractivity contribution < 1.29 is 9.90 Å². The summed E-state index contributed by atoms with van der Waals surface area (Å²) < 4.78 is 0. The zero-order valence-electron chi connectivity index (χ0n) is 15.8. The van der Waals surface area contributed by atoms with Gasteiger partial charge in [-0.1, -0.05) is 51.1 Å². The second kappa shape index (κ2) is 10.5. The van der Waals surface area contributed by atoms with Crippen LogP contribution in [0, 0.1) is 0 Å². The predicted molar refractivity (Wildman–Crippen MR) is 109 cm³/mol. The van der Waals surface area contributed by atoms with Crippen molar-refractivity contribution in [3.8, 4) is 0 Å². The molecule has 0 radical (unpaired) electrons. The number of carboxylic acids is 1. The third-order valence-electron chi connectivity index (χ3n) is 3.82. The van der Waals surface area contributed by atoms with Crippen molar-refractivity contribution >= 4 is 17.6 Å². The fraction of sp³-hybridized carbons (Fsp3) is 0.286. The van der Waals surface area contributed by atoms with Gasteiger partial charge >= 0.3 is 5.97 Å². The highest BCUT2D eigenvalue weighted by atomic mass is 35.5. The molecule has 0 amide bonds. The molecule has 0 bridgehead atoms. The Hall–Kier alpha value is -2.46. The van der Waals surface area contributed by atoms with Crippen molar-refractivity contribution in [1.82, 2.24) is 10.2 Å². The fourth-order valence-electron chi connectivity index (χ4n) is 2.53. The first-order chi connectivity index (χ1) is 12.5. The third-order valence-corrected chi connectivity index (χ3v) is 4.05. The van der Waals surface area contributed by atoms with Crippen LogP contribution in [0.15, 0.2) is 66.3 Å². The van der Waals surface area contributed by atoms with Crippen LogP contribution in [-0.4, -0.2) is 16.0 Å². The Kier molecular flexibility index (Phi) is 8.73. The minimum atomic E-state index is -0.993. The minimum absolute atomic E-state index is 0.167. The predicted octanol–water partition coefficient (Wildman–Crippen LogP) is 5.23. The zero-order chi connectivity index (χ0) is 19.7. The van der Waals surface area contributed by atoms with E-state index in [2.05, 4.69) is 18.8 Å². The molecule has 2 N–H and O–H groups in total.